The number of nitrogens with two attached hydrogens (primary N) is 1. The third kappa shape index (κ3) is 2.66. The highest BCUT2D eigenvalue weighted by Gasteiger charge is 2.24. The molecule has 1 aromatic rings. The summed E-state index contributed by atoms with van der Waals surface area (Å²) in [4.78, 5) is 6.98. The molecule has 0 saturated carbocycles. The lowest BCUT2D eigenvalue weighted by molar-refractivity contribution is 0.496. The van der Waals surface area contributed by atoms with Crippen molar-refractivity contribution in [3.63, 3.8) is 0 Å². The van der Waals surface area contributed by atoms with Gasteiger partial charge in [-0.05, 0) is 37.1 Å². The molecule has 1 aromatic carbocycles. The van der Waals surface area contributed by atoms with E-state index in [0.29, 0.717) is 5.92 Å². The van der Waals surface area contributed by atoms with Crippen LogP contribution in [0.25, 0.3) is 0 Å². The zero-order valence-corrected chi connectivity index (χ0v) is 11.1. The number of nitrogen functional groups attached to an aromatic ring is 1. The molecule has 3 rings (SSSR count). The fourth-order valence-corrected chi connectivity index (χ4v) is 2.87. The van der Waals surface area contributed by atoms with Crippen LogP contribution < -0.4 is 21.5 Å². The van der Waals surface area contributed by atoms with E-state index in [4.69, 9.17) is 5.84 Å². The normalized spacial score (nSPS) is 20.1. The Hall–Kier alpha value is -1.75. The predicted molar refractivity (Wildman–Crippen MR) is 79.5 cm³/mol. The first-order chi connectivity index (χ1) is 9.36. The van der Waals surface area contributed by atoms with E-state index in [2.05, 4.69) is 32.8 Å². The molecule has 1 saturated heterocycles. The van der Waals surface area contributed by atoms with Crippen molar-refractivity contribution >= 4 is 17.2 Å². The summed E-state index contributed by atoms with van der Waals surface area (Å²) in [5.41, 5.74) is 4.88. The summed E-state index contributed by atoms with van der Waals surface area (Å²) in [7, 11) is 0. The van der Waals surface area contributed by atoms with Crippen molar-refractivity contribution < 1.29 is 0 Å². The Kier molecular flexibility index (Phi) is 3.55. The first kappa shape index (κ1) is 12.3. The SMILES string of the molecule is NNc1ccc(N2CCC(C3=NCCN3)CC2)cc1. The highest BCUT2D eigenvalue weighted by atomic mass is 15.2. The minimum Gasteiger partial charge on any atom is -0.372 e. The van der Waals surface area contributed by atoms with Gasteiger partial charge in [0.15, 0.2) is 0 Å². The minimum atomic E-state index is 0.628. The maximum absolute atomic E-state index is 5.38. The summed E-state index contributed by atoms with van der Waals surface area (Å²) in [6, 6.07) is 8.29. The van der Waals surface area contributed by atoms with Gasteiger partial charge >= 0.3 is 0 Å². The van der Waals surface area contributed by atoms with E-state index >= 15 is 0 Å². The molecule has 19 heavy (non-hydrogen) atoms. The highest BCUT2D eigenvalue weighted by Crippen LogP contribution is 2.25. The Morgan fingerprint density at radius 3 is 2.53 bits per heavy atom. The number of aliphatic imine (C=N–C) groups is 1. The van der Waals surface area contributed by atoms with Gasteiger partial charge in [-0.15, -0.1) is 0 Å². The van der Waals surface area contributed by atoms with Crippen molar-refractivity contribution in [3.05, 3.63) is 24.3 Å². The van der Waals surface area contributed by atoms with Crippen LogP contribution >= 0.6 is 0 Å². The van der Waals surface area contributed by atoms with Crippen molar-refractivity contribution in [2.75, 3.05) is 36.5 Å². The van der Waals surface area contributed by atoms with Gasteiger partial charge in [0.05, 0.1) is 12.4 Å². The number of nitrogens with one attached hydrogen (secondary N) is 2. The third-order valence-corrected chi connectivity index (χ3v) is 3.98. The van der Waals surface area contributed by atoms with E-state index in [1.54, 1.807) is 0 Å². The van der Waals surface area contributed by atoms with Crippen molar-refractivity contribution in [1.82, 2.24) is 5.32 Å². The van der Waals surface area contributed by atoms with E-state index < -0.39 is 0 Å². The van der Waals surface area contributed by atoms with Crippen LogP contribution in [0.15, 0.2) is 29.3 Å². The average Bonchev–Trinajstić information content (AvgIpc) is 3.02. The number of piperidine rings is 1. The Balaban J connectivity index is 1.59. The van der Waals surface area contributed by atoms with Crippen molar-refractivity contribution in [2.24, 2.45) is 16.8 Å². The monoisotopic (exact) mass is 259 g/mol. The van der Waals surface area contributed by atoms with Gasteiger partial charge in [-0.1, -0.05) is 0 Å². The number of benzene rings is 1. The molecule has 0 aliphatic carbocycles. The summed E-state index contributed by atoms with van der Waals surface area (Å²) in [5.74, 6) is 7.25. The first-order valence-corrected chi connectivity index (χ1v) is 6.96. The topological polar surface area (TPSA) is 65.7 Å². The second-order valence-corrected chi connectivity index (χ2v) is 5.15. The molecule has 1 fully saturated rings. The standard InChI is InChI=1S/C14H21N5/c15-18-12-1-3-13(4-2-12)19-9-5-11(6-10-19)14-16-7-8-17-14/h1-4,11,18H,5-10,15H2,(H,16,17). The maximum atomic E-state index is 5.38. The lowest BCUT2D eigenvalue weighted by Gasteiger charge is -2.33. The number of anilines is 2. The summed E-state index contributed by atoms with van der Waals surface area (Å²) in [6.45, 7) is 4.16. The van der Waals surface area contributed by atoms with Crippen LogP contribution in [0.1, 0.15) is 12.8 Å². The number of hydrogen-bond acceptors (Lipinski definition) is 5. The maximum Gasteiger partial charge on any atom is 0.0997 e. The Morgan fingerprint density at radius 2 is 1.95 bits per heavy atom. The van der Waals surface area contributed by atoms with Gasteiger partial charge in [0.2, 0.25) is 0 Å². The number of nitrogens with zero attached hydrogens (tertiary/aromatic N) is 2. The number of amidine groups is 1. The van der Waals surface area contributed by atoms with Crippen LogP contribution in [0.2, 0.25) is 0 Å². The van der Waals surface area contributed by atoms with Crippen LogP contribution in [0.4, 0.5) is 11.4 Å². The van der Waals surface area contributed by atoms with Gasteiger partial charge in [0, 0.05) is 36.9 Å². The molecule has 5 heteroatoms. The number of hydrazine groups is 1. The van der Waals surface area contributed by atoms with Crippen LogP contribution in [-0.4, -0.2) is 32.0 Å². The summed E-state index contributed by atoms with van der Waals surface area (Å²) in [5, 5.41) is 3.41. The zero-order valence-electron chi connectivity index (χ0n) is 11.1. The molecule has 4 N–H and O–H groups in total. The molecular formula is C14H21N5. The van der Waals surface area contributed by atoms with Crippen molar-refractivity contribution in [2.45, 2.75) is 12.8 Å². The van der Waals surface area contributed by atoms with Gasteiger partial charge in [-0.3, -0.25) is 10.8 Å². The Morgan fingerprint density at radius 1 is 1.21 bits per heavy atom. The van der Waals surface area contributed by atoms with Gasteiger partial charge in [0.1, 0.15) is 0 Å². The van der Waals surface area contributed by atoms with Gasteiger partial charge in [-0.25, -0.2) is 0 Å². The second-order valence-electron chi connectivity index (χ2n) is 5.15. The van der Waals surface area contributed by atoms with E-state index in [1.165, 1.54) is 24.4 Å². The molecule has 102 valence electrons. The van der Waals surface area contributed by atoms with E-state index in [9.17, 15) is 0 Å². The van der Waals surface area contributed by atoms with E-state index in [-0.39, 0.29) is 0 Å². The lowest BCUT2D eigenvalue weighted by Crippen LogP contribution is -2.39. The number of hydrogen-bond donors (Lipinski definition) is 3. The third-order valence-electron chi connectivity index (χ3n) is 3.98. The van der Waals surface area contributed by atoms with Gasteiger partial charge < -0.3 is 15.6 Å². The molecule has 0 amide bonds. The largest absolute Gasteiger partial charge is 0.372 e. The Bertz CT molecular complexity index is 445. The summed E-state index contributed by atoms with van der Waals surface area (Å²) >= 11 is 0. The van der Waals surface area contributed by atoms with E-state index in [0.717, 1.165) is 31.9 Å². The lowest BCUT2D eigenvalue weighted by atomic mass is 9.95. The predicted octanol–water partition coefficient (Wildman–Crippen LogP) is 1.19. The second kappa shape index (κ2) is 5.48. The molecule has 0 atom stereocenters. The summed E-state index contributed by atoms with van der Waals surface area (Å²) in [6.07, 6.45) is 2.37. The zero-order chi connectivity index (χ0) is 13.1. The summed E-state index contributed by atoms with van der Waals surface area (Å²) < 4.78 is 0. The van der Waals surface area contributed by atoms with Crippen molar-refractivity contribution in [3.8, 4) is 0 Å². The smallest absolute Gasteiger partial charge is 0.0997 e. The van der Waals surface area contributed by atoms with Crippen LogP contribution in [0.5, 0.6) is 0 Å². The van der Waals surface area contributed by atoms with Gasteiger partial charge in [-0.2, -0.15) is 0 Å². The number of rotatable bonds is 3. The molecule has 0 radical (unpaired) electrons. The molecule has 0 spiro atoms. The molecule has 2 aliphatic heterocycles. The van der Waals surface area contributed by atoms with Crippen LogP contribution in [-0.2, 0) is 0 Å². The molecule has 0 aromatic heterocycles. The molecule has 0 unspecified atom stereocenters. The average molecular weight is 259 g/mol. The van der Waals surface area contributed by atoms with Crippen LogP contribution in [0, 0.1) is 5.92 Å². The molecule has 5 nitrogen and oxygen atoms in total. The fraction of sp³-hybridized carbons (Fsp3) is 0.500. The minimum absolute atomic E-state index is 0.628. The molecule has 2 heterocycles. The molecule has 2 aliphatic rings. The van der Waals surface area contributed by atoms with Crippen molar-refractivity contribution in [1.29, 1.82) is 0 Å². The molecule has 0 bridgehead atoms. The Labute approximate surface area is 113 Å². The quantitative estimate of drug-likeness (QED) is 0.563. The highest BCUT2D eigenvalue weighted by molar-refractivity contribution is 5.86. The molecular weight excluding hydrogens is 238 g/mol. The first-order valence-electron chi connectivity index (χ1n) is 6.96. The van der Waals surface area contributed by atoms with Crippen LogP contribution in [0.3, 0.4) is 0 Å². The van der Waals surface area contributed by atoms with Gasteiger partial charge in [0.25, 0.3) is 0 Å². The fourth-order valence-electron chi connectivity index (χ4n) is 2.87. The van der Waals surface area contributed by atoms with E-state index in [1.807, 2.05) is 12.1 Å².